The molecule has 1 aliphatic carbocycles. The zero-order valence-corrected chi connectivity index (χ0v) is 13.0. The molecule has 2 rings (SSSR count). The van der Waals surface area contributed by atoms with Crippen molar-refractivity contribution in [1.82, 2.24) is 10.0 Å². The third kappa shape index (κ3) is 4.33. The van der Waals surface area contributed by atoms with Gasteiger partial charge in [0.15, 0.2) is 0 Å². The Morgan fingerprint density at radius 1 is 1.25 bits per heavy atom. The highest BCUT2D eigenvalue weighted by molar-refractivity contribution is 7.89. The van der Waals surface area contributed by atoms with Crippen LogP contribution < -0.4 is 10.0 Å². The quantitative estimate of drug-likeness (QED) is 0.846. The fourth-order valence-electron chi connectivity index (χ4n) is 2.40. The van der Waals surface area contributed by atoms with E-state index in [-0.39, 0.29) is 11.1 Å². The summed E-state index contributed by atoms with van der Waals surface area (Å²) in [5, 5.41) is 3.22. The number of nitrogens with one attached hydrogen (secondary N) is 2. The van der Waals surface area contributed by atoms with Crippen LogP contribution >= 0.6 is 0 Å². The Kier molecular flexibility index (Phi) is 5.23. The molecule has 1 fully saturated rings. The van der Waals surface area contributed by atoms with E-state index in [1.165, 1.54) is 12.5 Å². The Morgan fingerprint density at radius 3 is 2.60 bits per heavy atom. The highest BCUT2D eigenvalue weighted by Crippen LogP contribution is 2.21. The molecule has 0 spiro atoms. The summed E-state index contributed by atoms with van der Waals surface area (Å²) in [7, 11) is -3.52. The fourth-order valence-corrected chi connectivity index (χ4v) is 3.65. The normalized spacial score (nSPS) is 17.8. The molecule has 5 nitrogen and oxygen atoms in total. The molecule has 1 aromatic heterocycles. The monoisotopic (exact) mass is 300 g/mol. The molecule has 1 aliphatic rings. The second-order valence-corrected chi connectivity index (χ2v) is 7.36. The van der Waals surface area contributed by atoms with Crippen LogP contribution in [0.5, 0.6) is 0 Å². The van der Waals surface area contributed by atoms with E-state index in [4.69, 9.17) is 4.42 Å². The van der Waals surface area contributed by atoms with E-state index >= 15 is 0 Å². The van der Waals surface area contributed by atoms with Gasteiger partial charge in [-0.3, -0.25) is 0 Å². The first-order chi connectivity index (χ1) is 9.47. The van der Waals surface area contributed by atoms with Crippen molar-refractivity contribution in [3.63, 3.8) is 0 Å². The number of hydrogen-bond acceptors (Lipinski definition) is 4. The Balaban J connectivity index is 1.98. The molecule has 0 bridgehead atoms. The van der Waals surface area contributed by atoms with Crippen LogP contribution in [-0.4, -0.2) is 20.5 Å². The lowest BCUT2D eigenvalue weighted by Gasteiger charge is -2.21. The second kappa shape index (κ2) is 6.74. The molecule has 20 heavy (non-hydrogen) atoms. The van der Waals surface area contributed by atoms with Crippen LogP contribution in [0.2, 0.25) is 0 Å². The average Bonchev–Trinajstić information content (AvgIpc) is 2.86. The van der Waals surface area contributed by atoms with Gasteiger partial charge in [0.05, 0.1) is 6.54 Å². The van der Waals surface area contributed by atoms with Crippen LogP contribution in [0.15, 0.2) is 21.6 Å². The summed E-state index contributed by atoms with van der Waals surface area (Å²) >= 11 is 0. The van der Waals surface area contributed by atoms with Gasteiger partial charge >= 0.3 is 0 Å². The highest BCUT2D eigenvalue weighted by atomic mass is 32.2. The fraction of sp³-hybridized carbons (Fsp3) is 0.714. The van der Waals surface area contributed by atoms with Crippen molar-refractivity contribution < 1.29 is 12.8 Å². The van der Waals surface area contributed by atoms with E-state index < -0.39 is 10.0 Å². The summed E-state index contributed by atoms with van der Waals surface area (Å²) in [4.78, 5) is 0. The molecule has 0 unspecified atom stereocenters. The van der Waals surface area contributed by atoms with Crippen molar-refractivity contribution in [2.75, 3.05) is 0 Å². The topological polar surface area (TPSA) is 71.3 Å². The lowest BCUT2D eigenvalue weighted by atomic mass is 9.96. The van der Waals surface area contributed by atoms with Gasteiger partial charge in [-0.2, -0.15) is 0 Å². The predicted molar refractivity (Wildman–Crippen MR) is 77.9 cm³/mol. The molecule has 114 valence electrons. The summed E-state index contributed by atoms with van der Waals surface area (Å²) in [6.45, 7) is 4.60. The maximum atomic E-state index is 12.2. The molecular formula is C14H24N2O3S. The van der Waals surface area contributed by atoms with Crippen LogP contribution in [0.3, 0.4) is 0 Å². The van der Waals surface area contributed by atoms with Crippen LogP contribution in [0.1, 0.15) is 51.7 Å². The molecular weight excluding hydrogens is 276 g/mol. The second-order valence-electron chi connectivity index (χ2n) is 5.71. The van der Waals surface area contributed by atoms with Gasteiger partial charge in [0.2, 0.25) is 5.09 Å². The summed E-state index contributed by atoms with van der Waals surface area (Å²) in [5.41, 5.74) is 0. The van der Waals surface area contributed by atoms with E-state index in [0.717, 1.165) is 25.7 Å². The summed E-state index contributed by atoms with van der Waals surface area (Å²) in [5.74, 6) is 0.641. The summed E-state index contributed by atoms with van der Waals surface area (Å²) in [6.07, 6.45) is 5.22. The SMILES string of the molecule is CC(C)NCc1ccc(S(=O)(=O)NC2CCCCC2)o1. The van der Waals surface area contributed by atoms with Crippen LogP contribution in [0.4, 0.5) is 0 Å². The molecule has 1 aromatic rings. The molecule has 0 atom stereocenters. The Bertz CT molecular complexity index is 516. The average molecular weight is 300 g/mol. The number of sulfonamides is 1. The van der Waals surface area contributed by atoms with E-state index in [1.54, 1.807) is 6.07 Å². The van der Waals surface area contributed by atoms with E-state index in [9.17, 15) is 8.42 Å². The Labute approximate surface area is 121 Å². The lowest BCUT2D eigenvalue weighted by molar-refractivity contribution is 0.379. The number of rotatable bonds is 6. The van der Waals surface area contributed by atoms with E-state index in [2.05, 4.69) is 10.0 Å². The van der Waals surface area contributed by atoms with Gasteiger partial charge in [-0.05, 0) is 25.0 Å². The smallest absolute Gasteiger partial charge is 0.274 e. The number of hydrogen-bond donors (Lipinski definition) is 2. The predicted octanol–water partition coefficient (Wildman–Crippen LogP) is 2.39. The maximum absolute atomic E-state index is 12.2. The Hall–Kier alpha value is -0.850. The van der Waals surface area contributed by atoms with Crippen molar-refractivity contribution in [3.8, 4) is 0 Å². The minimum absolute atomic E-state index is 0.0172. The van der Waals surface area contributed by atoms with Crippen molar-refractivity contribution in [3.05, 3.63) is 17.9 Å². The molecule has 0 aromatic carbocycles. The van der Waals surface area contributed by atoms with E-state index in [1.807, 2.05) is 13.8 Å². The third-order valence-electron chi connectivity index (χ3n) is 3.51. The van der Waals surface area contributed by atoms with Crippen molar-refractivity contribution in [1.29, 1.82) is 0 Å². The van der Waals surface area contributed by atoms with Crippen molar-refractivity contribution in [2.24, 2.45) is 0 Å². The van der Waals surface area contributed by atoms with Gasteiger partial charge in [0.25, 0.3) is 10.0 Å². The first-order valence-electron chi connectivity index (χ1n) is 7.32. The molecule has 1 heterocycles. The van der Waals surface area contributed by atoms with E-state index in [0.29, 0.717) is 18.3 Å². The highest BCUT2D eigenvalue weighted by Gasteiger charge is 2.24. The van der Waals surface area contributed by atoms with Crippen LogP contribution in [0, 0.1) is 0 Å². The first-order valence-corrected chi connectivity index (χ1v) is 8.80. The van der Waals surface area contributed by atoms with Gasteiger partial charge in [-0.1, -0.05) is 33.1 Å². The van der Waals surface area contributed by atoms with Crippen LogP contribution in [0.25, 0.3) is 0 Å². The minimum atomic E-state index is -3.52. The maximum Gasteiger partial charge on any atom is 0.274 e. The molecule has 0 saturated heterocycles. The van der Waals surface area contributed by atoms with Crippen molar-refractivity contribution >= 4 is 10.0 Å². The first kappa shape index (κ1) is 15.5. The third-order valence-corrected chi connectivity index (χ3v) is 4.91. The lowest BCUT2D eigenvalue weighted by Crippen LogP contribution is -2.35. The summed E-state index contributed by atoms with van der Waals surface area (Å²) < 4.78 is 32.6. The molecule has 0 radical (unpaired) electrons. The largest absolute Gasteiger partial charge is 0.447 e. The van der Waals surface area contributed by atoms with Crippen molar-refractivity contribution in [2.45, 2.75) is 69.7 Å². The number of furan rings is 1. The van der Waals surface area contributed by atoms with Crippen LogP contribution in [-0.2, 0) is 16.6 Å². The Morgan fingerprint density at radius 2 is 1.95 bits per heavy atom. The van der Waals surface area contributed by atoms with Gasteiger partial charge in [0.1, 0.15) is 5.76 Å². The minimum Gasteiger partial charge on any atom is -0.447 e. The summed E-state index contributed by atoms with van der Waals surface area (Å²) in [6, 6.07) is 3.63. The molecule has 0 amide bonds. The zero-order chi connectivity index (χ0) is 14.6. The molecule has 6 heteroatoms. The van der Waals surface area contributed by atoms with Gasteiger partial charge in [-0.15, -0.1) is 0 Å². The van der Waals surface area contributed by atoms with Gasteiger partial charge < -0.3 is 9.73 Å². The van der Waals surface area contributed by atoms with Gasteiger partial charge in [-0.25, -0.2) is 13.1 Å². The molecule has 2 N–H and O–H groups in total. The van der Waals surface area contributed by atoms with Gasteiger partial charge in [0, 0.05) is 12.1 Å². The molecule has 1 saturated carbocycles. The molecule has 0 aliphatic heterocycles. The standard InChI is InChI=1S/C14H24N2O3S/c1-11(2)15-10-13-8-9-14(19-13)20(17,18)16-12-6-4-3-5-7-12/h8-9,11-12,15-16H,3-7,10H2,1-2H3. The zero-order valence-electron chi connectivity index (χ0n) is 12.2.